The summed E-state index contributed by atoms with van der Waals surface area (Å²) in [5.74, 6) is -0.430. The lowest BCUT2D eigenvalue weighted by Crippen LogP contribution is -2.15. The van der Waals surface area contributed by atoms with Crippen molar-refractivity contribution in [2.45, 2.75) is 46.7 Å². The lowest BCUT2D eigenvalue weighted by Gasteiger charge is -2.22. The number of hydrogen-bond acceptors (Lipinski definition) is 2. The summed E-state index contributed by atoms with van der Waals surface area (Å²) in [6, 6.07) is 3.47. The fourth-order valence-corrected chi connectivity index (χ4v) is 2.65. The largest absolute Gasteiger partial charge is 0.496 e. The Labute approximate surface area is 129 Å². The van der Waals surface area contributed by atoms with Gasteiger partial charge in [0, 0.05) is 12.0 Å². The Morgan fingerprint density at radius 2 is 1.82 bits per heavy atom. The van der Waals surface area contributed by atoms with Crippen LogP contribution in [-0.4, -0.2) is 12.9 Å². The van der Waals surface area contributed by atoms with Crippen molar-refractivity contribution in [1.29, 1.82) is 0 Å². The number of Topliss-reactive ketones (excluding diaryl/α,β-unsaturated/α-hetero) is 1. The summed E-state index contributed by atoms with van der Waals surface area (Å²) in [5.41, 5.74) is -0.755. The van der Waals surface area contributed by atoms with Gasteiger partial charge in [-0.25, -0.2) is 0 Å². The fraction of sp³-hybridized carbons (Fsp3) is 0.588. The second kappa shape index (κ2) is 6.71. The number of alkyl halides is 3. The van der Waals surface area contributed by atoms with Gasteiger partial charge in [0.05, 0.1) is 12.7 Å². The number of ether oxygens (including phenoxy) is 1. The van der Waals surface area contributed by atoms with E-state index in [0.717, 1.165) is 12.5 Å². The molecule has 0 aliphatic carbocycles. The number of benzene rings is 1. The number of halogens is 3. The van der Waals surface area contributed by atoms with Crippen molar-refractivity contribution < 1.29 is 22.7 Å². The van der Waals surface area contributed by atoms with E-state index >= 15 is 0 Å². The van der Waals surface area contributed by atoms with E-state index < -0.39 is 11.7 Å². The molecule has 0 heterocycles. The fourth-order valence-electron chi connectivity index (χ4n) is 2.65. The quantitative estimate of drug-likeness (QED) is 0.684. The van der Waals surface area contributed by atoms with E-state index in [9.17, 15) is 18.0 Å². The molecule has 0 aliphatic heterocycles. The van der Waals surface area contributed by atoms with Crippen LogP contribution in [0.1, 0.15) is 56.5 Å². The monoisotopic (exact) mass is 316 g/mol. The molecular weight excluding hydrogens is 293 g/mol. The van der Waals surface area contributed by atoms with Crippen LogP contribution in [0.5, 0.6) is 5.75 Å². The molecule has 0 fully saturated rings. The minimum atomic E-state index is -4.54. The number of hydrogen-bond donors (Lipinski definition) is 0. The minimum absolute atomic E-state index is 0.0777. The van der Waals surface area contributed by atoms with Crippen LogP contribution in [0.3, 0.4) is 0 Å². The average Bonchev–Trinajstić information content (AvgIpc) is 2.34. The number of carbonyl (C=O) groups is 1. The first-order chi connectivity index (χ1) is 9.94. The molecule has 0 bridgehead atoms. The van der Waals surface area contributed by atoms with Gasteiger partial charge in [0.15, 0.2) is 5.78 Å². The van der Waals surface area contributed by atoms with Gasteiger partial charge in [-0.15, -0.1) is 0 Å². The zero-order valence-electron chi connectivity index (χ0n) is 13.7. The normalized spacial score (nSPS) is 13.8. The molecule has 0 saturated heterocycles. The highest BCUT2D eigenvalue weighted by Crippen LogP contribution is 2.37. The van der Waals surface area contributed by atoms with Crippen LogP contribution in [-0.2, 0) is 6.18 Å². The molecule has 1 unspecified atom stereocenters. The van der Waals surface area contributed by atoms with Crippen molar-refractivity contribution in [3.05, 3.63) is 29.3 Å². The predicted molar refractivity (Wildman–Crippen MR) is 80.2 cm³/mol. The van der Waals surface area contributed by atoms with Gasteiger partial charge in [-0.1, -0.05) is 27.7 Å². The van der Waals surface area contributed by atoms with Gasteiger partial charge in [-0.05, 0) is 36.0 Å². The SMILES string of the molecule is COc1ccc(C(=O)CC(C)CC(C)(C)C)cc1C(F)(F)F. The van der Waals surface area contributed by atoms with Gasteiger partial charge in [-0.3, -0.25) is 4.79 Å². The van der Waals surface area contributed by atoms with Crippen LogP contribution < -0.4 is 4.74 Å². The molecule has 0 aromatic heterocycles. The highest BCUT2D eigenvalue weighted by molar-refractivity contribution is 5.96. The molecule has 0 radical (unpaired) electrons. The van der Waals surface area contributed by atoms with Crippen molar-refractivity contribution in [3.8, 4) is 5.75 Å². The van der Waals surface area contributed by atoms with Gasteiger partial charge in [0.1, 0.15) is 5.75 Å². The summed E-state index contributed by atoms with van der Waals surface area (Å²) < 4.78 is 43.6. The van der Waals surface area contributed by atoms with Crippen LogP contribution in [0, 0.1) is 11.3 Å². The number of rotatable bonds is 5. The van der Waals surface area contributed by atoms with E-state index in [1.165, 1.54) is 19.2 Å². The van der Waals surface area contributed by atoms with Gasteiger partial charge in [0.2, 0.25) is 0 Å². The van der Waals surface area contributed by atoms with E-state index in [2.05, 4.69) is 20.8 Å². The molecule has 124 valence electrons. The third kappa shape index (κ3) is 5.35. The molecule has 5 heteroatoms. The Hall–Kier alpha value is -1.52. The molecule has 1 aromatic rings. The summed E-state index contributed by atoms with van der Waals surface area (Å²) in [5, 5.41) is 0. The number of ketones is 1. The Morgan fingerprint density at radius 3 is 2.27 bits per heavy atom. The zero-order valence-corrected chi connectivity index (χ0v) is 13.7. The topological polar surface area (TPSA) is 26.3 Å². The second-order valence-electron chi connectivity index (χ2n) is 6.91. The standard InChI is InChI=1S/C17H23F3O2/c1-11(10-16(2,3)4)8-14(21)12-6-7-15(22-5)13(9-12)17(18,19)20/h6-7,9,11H,8,10H2,1-5H3. The summed E-state index contributed by atoms with van der Waals surface area (Å²) in [4.78, 5) is 12.2. The Morgan fingerprint density at radius 1 is 1.23 bits per heavy atom. The maximum Gasteiger partial charge on any atom is 0.419 e. The Kier molecular flexibility index (Phi) is 5.65. The second-order valence-corrected chi connectivity index (χ2v) is 6.91. The third-order valence-electron chi connectivity index (χ3n) is 3.32. The maximum atomic E-state index is 13.0. The van der Waals surface area contributed by atoms with Crippen LogP contribution in [0.2, 0.25) is 0 Å². The summed E-state index contributed by atoms with van der Waals surface area (Å²) in [6.07, 6.45) is -3.47. The summed E-state index contributed by atoms with van der Waals surface area (Å²) >= 11 is 0. The molecule has 0 aliphatic rings. The molecule has 22 heavy (non-hydrogen) atoms. The maximum absolute atomic E-state index is 13.0. The van der Waals surface area contributed by atoms with Crippen LogP contribution in [0.25, 0.3) is 0 Å². The molecule has 0 spiro atoms. The van der Waals surface area contributed by atoms with Gasteiger partial charge < -0.3 is 4.74 Å². The van der Waals surface area contributed by atoms with E-state index in [1.54, 1.807) is 0 Å². The summed E-state index contributed by atoms with van der Waals surface area (Å²) in [7, 11) is 1.18. The van der Waals surface area contributed by atoms with Crippen molar-refractivity contribution in [2.75, 3.05) is 7.11 Å². The van der Waals surface area contributed by atoms with Crippen molar-refractivity contribution in [1.82, 2.24) is 0 Å². The van der Waals surface area contributed by atoms with E-state index in [-0.39, 0.29) is 34.8 Å². The first-order valence-corrected chi connectivity index (χ1v) is 7.22. The van der Waals surface area contributed by atoms with Crippen molar-refractivity contribution in [3.63, 3.8) is 0 Å². The highest BCUT2D eigenvalue weighted by Gasteiger charge is 2.35. The van der Waals surface area contributed by atoms with Gasteiger partial charge >= 0.3 is 6.18 Å². The number of carbonyl (C=O) groups excluding carboxylic acids is 1. The van der Waals surface area contributed by atoms with Crippen molar-refractivity contribution in [2.24, 2.45) is 11.3 Å². The third-order valence-corrected chi connectivity index (χ3v) is 3.32. The minimum Gasteiger partial charge on any atom is -0.496 e. The summed E-state index contributed by atoms with van der Waals surface area (Å²) in [6.45, 7) is 8.16. The molecule has 0 amide bonds. The average molecular weight is 316 g/mol. The van der Waals surface area contributed by atoms with E-state index in [1.807, 2.05) is 6.92 Å². The molecule has 2 nitrogen and oxygen atoms in total. The van der Waals surface area contributed by atoms with Crippen LogP contribution in [0.4, 0.5) is 13.2 Å². The van der Waals surface area contributed by atoms with Gasteiger partial charge in [-0.2, -0.15) is 13.2 Å². The lowest BCUT2D eigenvalue weighted by atomic mass is 9.83. The molecule has 1 rings (SSSR count). The first kappa shape index (κ1) is 18.5. The molecule has 0 N–H and O–H groups in total. The Bertz CT molecular complexity index is 528. The van der Waals surface area contributed by atoms with Gasteiger partial charge in [0.25, 0.3) is 0 Å². The number of methoxy groups -OCH3 is 1. The molecule has 1 aromatic carbocycles. The van der Waals surface area contributed by atoms with Crippen LogP contribution >= 0.6 is 0 Å². The van der Waals surface area contributed by atoms with Crippen LogP contribution in [0.15, 0.2) is 18.2 Å². The van der Waals surface area contributed by atoms with E-state index in [4.69, 9.17) is 4.74 Å². The lowest BCUT2D eigenvalue weighted by molar-refractivity contribution is -0.138. The first-order valence-electron chi connectivity index (χ1n) is 7.22. The zero-order chi connectivity index (χ0) is 17.1. The smallest absolute Gasteiger partial charge is 0.419 e. The predicted octanol–water partition coefficient (Wildman–Crippen LogP) is 5.36. The van der Waals surface area contributed by atoms with Crippen molar-refractivity contribution >= 4 is 5.78 Å². The molecule has 1 atom stereocenters. The Balaban J connectivity index is 2.95. The highest BCUT2D eigenvalue weighted by atomic mass is 19.4. The molecular formula is C17H23F3O2. The van der Waals surface area contributed by atoms with E-state index in [0.29, 0.717) is 0 Å². The molecule has 0 saturated carbocycles.